The molecule has 5 rings (SSSR count). The Labute approximate surface area is 216 Å². The van der Waals surface area contributed by atoms with Crippen LogP contribution in [0.4, 0.5) is 26.7 Å². The summed E-state index contributed by atoms with van der Waals surface area (Å²) in [5, 5.41) is 6.57. The third-order valence-corrected chi connectivity index (χ3v) is 7.36. The highest BCUT2D eigenvalue weighted by atomic mass is 35.5. The topological polar surface area (TPSA) is 67.2 Å². The Morgan fingerprint density at radius 3 is 2.70 bits per heavy atom. The molecule has 2 aliphatic heterocycles. The van der Waals surface area contributed by atoms with Crippen molar-refractivity contribution in [2.75, 3.05) is 13.1 Å². The molecule has 2 aliphatic rings. The number of nitrogens with zero attached hydrogens (tertiary/aromatic N) is 3. The van der Waals surface area contributed by atoms with Crippen molar-refractivity contribution in [3.63, 3.8) is 0 Å². The summed E-state index contributed by atoms with van der Waals surface area (Å²) in [6.45, 7) is -0.500. The summed E-state index contributed by atoms with van der Waals surface area (Å²) in [7, 11) is 0. The monoisotopic (exact) mass is 556 g/mol. The van der Waals surface area contributed by atoms with E-state index in [0.29, 0.717) is 33.1 Å². The molecule has 37 heavy (non-hydrogen) atoms. The molecular formula is C24H18ClF5N4O2S. The third kappa shape index (κ3) is 4.97. The van der Waals surface area contributed by atoms with E-state index < -0.39 is 41.4 Å². The second kappa shape index (κ2) is 9.41. The number of aromatic nitrogens is 2. The number of thioether (sulfide) groups is 1. The molecule has 3 heterocycles. The summed E-state index contributed by atoms with van der Waals surface area (Å²) < 4.78 is 70.5. The number of carbonyl (C=O) groups is 2. The molecule has 1 unspecified atom stereocenters. The van der Waals surface area contributed by atoms with Gasteiger partial charge in [-0.25, -0.2) is 8.78 Å². The second-order valence-corrected chi connectivity index (χ2v) is 10.1. The Morgan fingerprint density at radius 2 is 1.97 bits per heavy atom. The SMILES string of the molecule is O=C1S/C(=C\c2ccc3c(cnn3Cc3ccc(Cl)cc3C(F)(F)F)c2)C(=O)N1C1CCNCC1(F)F. The molecule has 13 heteroatoms. The van der Waals surface area contributed by atoms with Crippen molar-refractivity contribution < 1.29 is 31.5 Å². The zero-order valence-corrected chi connectivity index (χ0v) is 20.4. The zero-order valence-electron chi connectivity index (χ0n) is 18.9. The van der Waals surface area contributed by atoms with Crippen molar-refractivity contribution in [1.82, 2.24) is 20.0 Å². The molecule has 2 fully saturated rings. The molecule has 1 aromatic heterocycles. The minimum absolute atomic E-state index is 0.00522. The van der Waals surface area contributed by atoms with E-state index in [1.165, 1.54) is 29.1 Å². The van der Waals surface area contributed by atoms with Gasteiger partial charge in [-0.2, -0.15) is 18.3 Å². The molecule has 3 aromatic rings. The molecule has 0 bridgehead atoms. The van der Waals surface area contributed by atoms with Crippen LogP contribution >= 0.6 is 23.4 Å². The number of carbonyl (C=O) groups excluding carboxylic acids is 2. The zero-order chi connectivity index (χ0) is 26.5. The molecule has 0 spiro atoms. The van der Waals surface area contributed by atoms with Crippen molar-refractivity contribution in [2.24, 2.45) is 0 Å². The van der Waals surface area contributed by atoms with Crippen molar-refractivity contribution in [3.05, 3.63) is 69.2 Å². The first kappa shape index (κ1) is 25.7. The summed E-state index contributed by atoms with van der Waals surface area (Å²) in [6.07, 6.45) is -1.73. The first-order valence-corrected chi connectivity index (χ1v) is 12.3. The maximum atomic E-state index is 14.3. The van der Waals surface area contributed by atoms with Gasteiger partial charge in [-0.15, -0.1) is 0 Å². The van der Waals surface area contributed by atoms with Gasteiger partial charge >= 0.3 is 6.18 Å². The highest BCUT2D eigenvalue weighted by Gasteiger charge is 2.52. The molecule has 0 radical (unpaired) electrons. The molecule has 194 valence electrons. The van der Waals surface area contributed by atoms with Crippen LogP contribution in [0.5, 0.6) is 0 Å². The summed E-state index contributed by atoms with van der Waals surface area (Å²) >= 11 is 6.35. The van der Waals surface area contributed by atoms with Gasteiger partial charge in [-0.1, -0.05) is 23.7 Å². The van der Waals surface area contributed by atoms with Crippen molar-refractivity contribution >= 4 is 51.5 Å². The summed E-state index contributed by atoms with van der Waals surface area (Å²) in [5.74, 6) is -4.01. The van der Waals surface area contributed by atoms with E-state index >= 15 is 0 Å². The average molecular weight is 557 g/mol. The lowest BCUT2D eigenvalue weighted by Crippen LogP contribution is -2.58. The number of fused-ring (bicyclic) bond motifs is 1. The van der Waals surface area contributed by atoms with Gasteiger partial charge in [0.15, 0.2) is 0 Å². The Kier molecular flexibility index (Phi) is 6.53. The fourth-order valence-corrected chi connectivity index (χ4v) is 5.52. The van der Waals surface area contributed by atoms with Crippen molar-refractivity contribution in [1.29, 1.82) is 0 Å². The average Bonchev–Trinajstić information content (AvgIpc) is 3.34. The Morgan fingerprint density at radius 1 is 1.19 bits per heavy atom. The molecular weight excluding hydrogens is 539 g/mol. The number of rotatable bonds is 4. The van der Waals surface area contributed by atoms with Crippen LogP contribution in [0.2, 0.25) is 5.02 Å². The van der Waals surface area contributed by atoms with Gasteiger partial charge in [0, 0.05) is 10.4 Å². The van der Waals surface area contributed by atoms with E-state index in [4.69, 9.17) is 11.6 Å². The standard InChI is InChI=1S/C24H18ClF5N4O2S/c25-16-3-2-14(17(9-16)24(28,29)30)11-33-18-4-1-13(7-15(18)10-32-33)8-19-21(35)34(22(36)37-19)20-5-6-31-12-23(20,26)27/h1-4,7-10,20,31H,5-6,11-12H2/b19-8-. The quantitative estimate of drug-likeness (QED) is 0.325. The van der Waals surface area contributed by atoms with Gasteiger partial charge in [-0.05, 0) is 66.2 Å². The number of halogens is 6. The predicted molar refractivity (Wildman–Crippen MR) is 129 cm³/mol. The van der Waals surface area contributed by atoms with E-state index in [1.54, 1.807) is 18.2 Å². The molecule has 1 atom stereocenters. The fourth-order valence-electron chi connectivity index (χ4n) is 4.47. The summed E-state index contributed by atoms with van der Waals surface area (Å²) in [4.78, 5) is 26.0. The first-order chi connectivity index (χ1) is 17.4. The summed E-state index contributed by atoms with van der Waals surface area (Å²) in [6, 6.07) is 6.93. The molecule has 6 nitrogen and oxygen atoms in total. The minimum atomic E-state index is -4.59. The fraction of sp³-hybridized carbons (Fsp3) is 0.292. The largest absolute Gasteiger partial charge is 0.416 e. The van der Waals surface area contributed by atoms with Crippen LogP contribution in [0.25, 0.3) is 17.0 Å². The van der Waals surface area contributed by atoms with Crippen molar-refractivity contribution in [3.8, 4) is 0 Å². The van der Waals surface area contributed by atoms with Gasteiger partial charge in [0.05, 0.1) is 35.3 Å². The first-order valence-electron chi connectivity index (χ1n) is 11.1. The number of nitrogens with one attached hydrogen (secondary N) is 1. The van der Waals surface area contributed by atoms with E-state index in [9.17, 15) is 31.5 Å². The summed E-state index contributed by atoms with van der Waals surface area (Å²) in [5.41, 5.74) is 0.199. The molecule has 2 aromatic carbocycles. The van der Waals surface area contributed by atoms with Crippen LogP contribution in [-0.4, -0.2) is 50.9 Å². The number of hydrogen-bond donors (Lipinski definition) is 1. The number of benzene rings is 2. The van der Waals surface area contributed by atoms with Crippen LogP contribution in [0.15, 0.2) is 47.5 Å². The van der Waals surface area contributed by atoms with Crippen LogP contribution in [-0.2, 0) is 17.5 Å². The van der Waals surface area contributed by atoms with E-state index in [0.717, 1.165) is 6.07 Å². The Hall–Kier alpha value is -2.96. The molecule has 2 amide bonds. The molecule has 0 aliphatic carbocycles. The molecule has 1 N–H and O–H groups in total. The Bertz CT molecular complexity index is 1440. The van der Waals surface area contributed by atoms with E-state index in [2.05, 4.69) is 10.4 Å². The van der Waals surface area contributed by atoms with Crippen molar-refractivity contribution in [2.45, 2.75) is 31.1 Å². The normalized spacial score (nSPS) is 21.4. The number of piperidine rings is 1. The Balaban J connectivity index is 1.40. The number of amides is 2. The van der Waals surface area contributed by atoms with Gasteiger partial charge < -0.3 is 5.32 Å². The lowest BCUT2D eigenvalue weighted by molar-refractivity contribution is -0.138. The van der Waals surface area contributed by atoms with Gasteiger partial charge in [0.25, 0.3) is 17.1 Å². The number of imide groups is 1. The smallest absolute Gasteiger partial charge is 0.311 e. The highest BCUT2D eigenvalue weighted by Crippen LogP contribution is 2.39. The van der Waals surface area contributed by atoms with E-state index in [1.807, 2.05) is 0 Å². The number of alkyl halides is 5. The van der Waals surface area contributed by atoms with Gasteiger partial charge in [0.2, 0.25) is 0 Å². The van der Waals surface area contributed by atoms with E-state index in [-0.39, 0.29) is 35.0 Å². The lowest BCUT2D eigenvalue weighted by Gasteiger charge is -2.36. The highest BCUT2D eigenvalue weighted by molar-refractivity contribution is 8.18. The maximum absolute atomic E-state index is 14.3. The van der Waals surface area contributed by atoms with Crippen LogP contribution in [0.3, 0.4) is 0 Å². The maximum Gasteiger partial charge on any atom is 0.416 e. The second-order valence-electron chi connectivity index (χ2n) is 8.71. The van der Waals surface area contributed by atoms with Gasteiger partial charge in [0.1, 0.15) is 6.04 Å². The van der Waals surface area contributed by atoms with Crippen LogP contribution in [0, 0.1) is 0 Å². The van der Waals surface area contributed by atoms with Gasteiger partial charge in [-0.3, -0.25) is 19.2 Å². The minimum Gasteiger partial charge on any atom is -0.311 e. The van der Waals surface area contributed by atoms with Crippen LogP contribution < -0.4 is 5.32 Å². The molecule has 0 saturated carbocycles. The molecule has 2 saturated heterocycles. The van der Waals surface area contributed by atoms with Crippen LogP contribution in [0.1, 0.15) is 23.1 Å². The lowest BCUT2D eigenvalue weighted by atomic mass is 10.0. The number of hydrogen-bond acceptors (Lipinski definition) is 5. The predicted octanol–water partition coefficient (Wildman–Crippen LogP) is 5.79. The third-order valence-electron chi connectivity index (χ3n) is 6.24.